The van der Waals surface area contributed by atoms with Crippen molar-refractivity contribution in [3.05, 3.63) is 58.1 Å². The standard InChI is InChI=1S/C18H18Cl2N4S2/c1-24(2)15-10-26-17-13(8-11(19)9-14(17)20)16(15)22-23-18(25)21-12-6-4-3-5-7-12/h3-9,15H,10H2,1-2H3,(H2,21,23,25)/b22-16-. The Morgan fingerprint density at radius 1 is 1.23 bits per heavy atom. The smallest absolute Gasteiger partial charge is 0.191 e. The van der Waals surface area contributed by atoms with Crippen molar-refractivity contribution in [2.75, 3.05) is 25.2 Å². The minimum Gasteiger partial charge on any atom is -0.331 e. The molecule has 0 fully saturated rings. The van der Waals surface area contributed by atoms with E-state index in [4.69, 9.17) is 35.4 Å². The summed E-state index contributed by atoms with van der Waals surface area (Å²) in [4.78, 5) is 3.12. The van der Waals surface area contributed by atoms with Gasteiger partial charge in [0.2, 0.25) is 0 Å². The second kappa shape index (κ2) is 8.59. The Labute approximate surface area is 172 Å². The lowest BCUT2D eigenvalue weighted by Crippen LogP contribution is -2.42. The summed E-state index contributed by atoms with van der Waals surface area (Å²) in [6.07, 6.45) is 0. The average molecular weight is 425 g/mol. The molecule has 26 heavy (non-hydrogen) atoms. The fourth-order valence-corrected chi connectivity index (χ4v) is 4.75. The van der Waals surface area contributed by atoms with E-state index in [0.29, 0.717) is 15.2 Å². The number of rotatable bonds is 3. The van der Waals surface area contributed by atoms with Gasteiger partial charge in [-0.2, -0.15) is 5.10 Å². The van der Waals surface area contributed by atoms with Gasteiger partial charge >= 0.3 is 0 Å². The van der Waals surface area contributed by atoms with Crippen molar-refractivity contribution in [2.45, 2.75) is 10.9 Å². The number of thiocarbonyl (C=S) groups is 1. The number of likely N-dealkylation sites (N-methyl/N-ethyl adjacent to an activating group) is 1. The molecule has 0 amide bonds. The van der Waals surface area contributed by atoms with Crippen molar-refractivity contribution in [2.24, 2.45) is 5.10 Å². The zero-order valence-corrected chi connectivity index (χ0v) is 17.4. The molecule has 1 atom stereocenters. The normalized spacial score (nSPS) is 17.9. The number of hydrazone groups is 1. The lowest BCUT2D eigenvalue weighted by atomic mass is 10.0. The van der Waals surface area contributed by atoms with E-state index in [1.54, 1.807) is 17.8 Å². The summed E-state index contributed by atoms with van der Waals surface area (Å²) < 4.78 is 0. The Bertz CT molecular complexity index is 841. The monoisotopic (exact) mass is 424 g/mol. The van der Waals surface area contributed by atoms with E-state index >= 15 is 0 Å². The van der Waals surface area contributed by atoms with Gasteiger partial charge in [-0.05, 0) is 50.6 Å². The molecule has 136 valence electrons. The SMILES string of the molecule is CN(C)C1CSc2c(Cl)cc(Cl)cc2/C1=N/NC(=S)Nc1ccccc1. The Morgan fingerprint density at radius 2 is 1.96 bits per heavy atom. The van der Waals surface area contributed by atoms with E-state index in [9.17, 15) is 0 Å². The maximum atomic E-state index is 6.38. The summed E-state index contributed by atoms with van der Waals surface area (Å²) in [6.45, 7) is 0. The van der Waals surface area contributed by atoms with Gasteiger partial charge in [0.25, 0.3) is 0 Å². The van der Waals surface area contributed by atoms with Gasteiger partial charge in [-0.25, -0.2) is 0 Å². The largest absolute Gasteiger partial charge is 0.331 e. The van der Waals surface area contributed by atoms with Crippen molar-refractivity contribution in [1.82, 2.24) is 10.3 Å². The quantitative estimate of drug-likeness (QED) is 0.550. The molecular formula is C18H18Cl2N4S2. The molecule has 0 spiro atoms. The number of hydrogen-bond acceptors (Lipinski definition) is 4. The van der Waals surface area contributed by atoms with Crippen LogP contribution < -0.4 is 10.7 Å². The number of nitrogens with zero attached hydrogens (tertiary/aromatic N) is 2. The van der Waals surface area contributed by atoms with Crippen molar-refractivity contribution >= 4 is 63.7 Å². The Kier molecular flexibility index (Phi) is 6.42. The summed E-state index contributed by atoms with van der Waals surface area (Å²) in [6, 6.07) is 13.5. The van der Waals surface area contributed by atoms with Crippen LogP contribution in [0, 0.1) is 0 Å². The third-order valence-electron chi connectivity index (χ3n) is 3.92. The Balaban J connectivity index is 1.87. The number of thioether (sulfide) groups is 1. The third-order valence-corrected chi connectivity index (χ3v) is 5.95. The second-order valence-electron chi connectivity index (χ2n) is 5.98. The summed E-state index contributed by atoms with van der Waals surface area (Å²) >= 11 is 19.7. The second-order valence-corrected chi connectivity index (χ2v) is 8.27. The lowest BCUT2D eigenvalue weighted by Gasteiger charge is -2.31. The zero-order valence-electron chi connectivity index (χ0n) is 14.3. The van der Waals surface area contributed by atoms with E-state index < -0.39 is 0 Å². The van der Waals surface area contributed by atoms with Gasteiger partial charge in [-0.3, -0.25) is 5.43 Å². The highest BCUT2D eigenvalue weighted by molar-refractivity contribution is 7.99. The van der Waals surface area contributed by atoms with Crippen LogP contribution in [0.5, 0.6) is 0 Å². The molecule has 3 rings (SSSR count). The molecule has 1 aliphatic heterocycles. The van der Waals surface area contributed by atoms with Gasteiger partial charge in [0.15, 0.2) is 5.11 Å². The Hall–Kier alpha value is -1.31. The fraction of sp³-hybridized carbons (Fsp3) is 0.222. The van der Waals surface area contributed by atoms with E-state index in [1.165, 1.54) is 0 Å². The van der Waals surface area contributed by atoms with Gasteiger partial charge in [-0.1, -0.05) is 41.4 Å². The molecule has 1 heterocycles. The van der Waals surface area contributed by atoms with Crippen molar-refractivity contribution in [1.29, 1.82) is 0 Å². The average Bonchev–Trinajstić information content (AvgIpc) is 2.60. The van der Waals surface area contributed by atoms with Crippen LogP contribution in [-0.2, 0) is 0 Å². The molecule has 4 nitrogen and oxygen atoms in total. The molecule has 2 aromatic carbocycles. The molecule has 0 saturated heterocycles. The van der Waals surface area contributed by atoms with Crippen LogP contribution >= 0.6 is 47.2 Å². The highest BCUT2D eigenvalue weighted by Crippen LogP contribution is 2.39. The molecule has 1 unspecified atom stereocenters. The zero-order chi connectivity index (χ0) is 18.7. The predicted octanol–water partition coefficient (Wildman–Crippen LogP) is 4.72. The summed E-state index contributed by atoms with van der Waals surface area (Å²) in [5.41, 5.74) is 5.66. The molecule has 0 aromatic heterocycles. The minimum atomic E-state index is 0.119. The van der Waals surface area contributed by atoms with Crippen molar-refractivity contribution in [3.63, 3.8) is 0 Å². The summed E-state index contributed by atoms with van der Waals surface area (Å²) in [5, 5.41) is 9.37. The molecule has 1 aliphatic rings. The number of anilines is 1. The summed E-state index contributed by atoms with van der Waals surface area (Å²) in [5.74, 6) is 0.848. The highest BCUT2D eigenvalue weighted by Gasteiger charge is 2.29. The van der Waals surface area contributed by atoms with Crippen LogP contribution in [0.3, 0.4) is 0 Å². The van der Waals surface area contributed by atoms with Crippen LogP contribution in [0.4, 0.5) is 5.69 Å². The van der Waals surface area contributed by atoms with Crippen LogP contribution in [0.15, 0.2) is 52.5 Å². The van der Waals surface area contributed by atoms with Gasteiger partial charge in [0.1, 0.15) is 0 Å². The van der Waals surface area contributed by atoms with Gasteiger partial charge in [0.05, 0.1) is 16.8 Å². The highest BCUT2D eigenvalue weighted by atomic mass is 35.5. The third kappa shape index (κ3) is 4.50. The van der Waals surface area contributed by atoms with E-state index in [0.717, 1.165) is 27.6 Å². The van der Waals surface area contributed by atoms with Crippen molar-refractivity contribution in [3.8, 4) is 0 Å². The van der Waals surface area contributed by atoms with Crippen LogP contribution in [-0.4, -0.2) is 41.6 Å². The predicted molar refractivity (Wildman–Crippen MR) is 117 cm³/mol. The number of benzene rings is 2. The maximum Gasteiger partial charge on any atom is 0.191 e. The lowest BCUT2D eigenvalue weighted by molar-refractivity contribution is 0.384. The van der Waals surface area contributed by atoms with Crippen LogP contribution in [0.25, 0.3) is 0 Å². The van der Waals surface area contributed by atoms with Gasteiger partial charge in [0, 0.05) is 26.9 Å². The number of para-hydroxylation sites is 1. The first kappa shape index (κ1) is 19.5. The van der Waals surface area contributed by atoms with Crippen molar-refractivity contribution < 1.29 is 0 Å². The van der Waals surface area contributed by atoms with Crippen LogP contribution in [0.2, 0.25) is 10.0 Å². The molecular weight excluding hydrogens is 407 g/mol. The molecule has 8 heteroatoms. The number of hydrogen-bond donors (Lipinski definition) is 2. The van der Waals surface area contributed by atoms with E-state index in [-0.39, 0.29) is 6.04 Å². The first-order valence-corrected chi connectivity index (χ1v) is 10.1. The number of halogens is 2. The molecule has 0 bridgehead atoms. The summed E-state index contributed by atoms with van der Waals surface area (Å²) in [7, 11) is 4.05. The molecule has 2 N–H and O–H groups in total. The fourth-order valence-electron chi connectivity index (χ4n) is 2.64. The maximum absolute atomic E-state index is 6.38. The molecule has 0 saturated carbocycles. The number of fused-ring (bicyclic) bond motifs is 1. The number of nitrogens with one attached hydrogen (secondary N) is 2. The van der Waals surface area contributed by atoms with Crippen LogP contribution in [0.1, 0.15) is 5.56 Å². The van der Waals surface area contributed by atoms with E-state index in [1.807, 2.05) is 50.5 Å². The Morgan fingerprint density at radius 3 is 2.65 bits per heavy atom. The van der Waals surface area contributed by atoms with Gasteiger partial charge < -0.3 is 10.2 Å². The molecule has 0 radical (unpaired) electrons. The molecule has 0 aliphatic carbocycles. The minimum absolute atomic E-state index is 0.119. The topological polar surface area (TPSA) is 39.7 Å². The molecule has 2 aromatic rings. The van der Waals surface area contributed by atoms with Gasteiger partial charge in [-0.15, -0.1) is 11.8 Å². The van der Waals surface area contributed by atoms with E-state index in [2.05, 4.69) is 20.7 Å². The first-order chi connectivity index (χ1) is 12.5. The first-order valence-electron chi connectivity index (χ1n) is 7.94.